The number of hydrogen-bond donors (Lipinski definition) is 1. The zero-order chi connectivity index (χ0) is 24.3. The Hall–Kier alpha value is -2.86. The fourth-order valence-electron chi connectivity index (χ4n) is 7.82. The van der Waals surface area contributed by atoms with Crippen LogP contribution in [0.25, 0.3) is 0 Å². The number of hydrogen-bond acceptors (Lipinski definition) is 6. The Bertz CT molecular complexity index is 1120. The van der Waals surface area contributed by atoms with E-state index in [-0.39, 0.29) is 42.7 Å². The standard InChI is InChI=1S/C28H30O6/c1-26-12-10-19(30)14-18(26)8-9-20-21-11-13-28(23(32)16-29,27(21,2)15-22(31)24(20)26)34-25(33)17-6-4-3-5-7-17/h3-7,10,12,14,16,20-22,24,31H,8-9,11,13,15H2,1-2H3/t20-,21-,22-,24+,26-,27-,28-/m0/s1. The highest BCUT2D eigenvalue weighted by Gasteiger charge is 2.70. The number of aliphatic hydroxyl groups excluding tert-OH is 1. The SMILES string of the molecule is C[C@]12C=CC(=O)C=C1CC[C@@H]1[C@@H]2[C@@H](O)C[C@@]2(C)[C@H]1CC[C@]2(OC(=O)c1ccccc1)C(=O)C=O. The first kappa shape index (κ1) is 22.9. The molecule has 3 saturated carbocycles. The molecule has 0 unspecified atom stereocenters. The predicted molar refractivity (Wildman–Crippen MR) is 124 cm³/mol. The maximum Gasteiger partial charge on any atom is 0.339 e. The van der Waals surface area contributed by atoms with Gasteiger partial charge in [-0.15, -0.1) is 0 Å². The molecule has 6 nitrogen and oxygen atoms in total. The third-order valence-corrected chi connectivity index (χ3v) is 9.40. The number of fused-ring (bicyclic) bond motifs is 5. The first-order valence-corrected chi connectivity index (χ1v) is 12.1. The average Bonchev–Trinajstić information content (AvgIpc) is 3.11. The van der Waals surface area contributed by atoms with Crippen molar-refractivity contribution in [3.8, 4) is 0 Å². The van der Waals surface area contributed by atoms with Crippen LogP contribution in [0.2, 0.25) is 0 Å². The molecule has 34 heavy (non-hydrogen) atoms. The van der Waals surface area contributed by atoms with Crippen LogP contribution in [0.1, 0.15) is 56.3 Å². The quantitative estimate of drug-likeness (QED) is 0.417. The number of ketones is 2. The number of carbonyl (C=O) groups is 4. The van der Waals surface area contributed by atoms with E-state index < -0.39 is 34.3 Å². The molecule has 0 aliphatic heterocycles. The molecule has 1 aromatic rings. The second-order valence-electron chi connectivity index (χ2n) is 10.8. The Morgan fingerprint density at radius 3 is 2.59 bits per heavy atom. The Labute approximate surface area is 199 Å². The first-order chi connectivity index (χ1) is 16.2. The van der Waals surface area contributed by atoms with Crippen molar-refractivity contribution < 1.29 is 29.0 Å². The lowest BCUT2D eigenvalue weighted by atomic mass is 9.46. The molecule has 178 valence electrons. The van der Waals surface area contributed by atoms with E-state index in [0.717, 1.165) is 18.4 Å². The molecule has 5 rings (SSSR count). The fourth-order valence-corrected chi connectivity index (χ4v) is 7.82. The van der Waals surface area contributed by atoms with Gasteiger partial charge < -0.3 is 9.84 Å². The van der Waals surface area contributed by atoms with Gasteiger partial charge in [-0.25, -0.2) is 4.79 Å². The molecule has 4 aliphatic rings. The van der Waals surface area contributed by atoms with Crippen LogP contribution in [0.5, 0.6) is 0 Å². The number of rotatable bonds is 4. The average molecular weight is 463 g/mol. The monoisotopic (exact) mass is 462 g/mol. The molecule has 0 radical (unpaired) electrons. The summed E-state index contributed by atoms with van der Waals surface area (Å²) in [5.41, 5.74) is -1.54. The molecule has 6 heteroatoms. The van der Waals surface area contributed by atoms with E-state index in [2.05, 4.69) is 6.92 Å². The summed E-state index contributed by atoms with van der Waals surface area (Å²) in [6.07, 6.45) is 7.36. The lowest BCUT2D eigenvalue weighted by Gasteiger charge is -2.59. The Morgan fingerprint density at radius 2 is 1.88 bits per heavy atom. The number of esters is 1. The van der Waals surface area contributed by atoms with Crippen molar-refractivity contribution >= 4 is 23.8 Å². The van der Waals surface area contributed by atoms with Crippen LogP contribution >= 0.6 is 0 Å². The zero-order valence-electron chi connectivity index (χ0n) is 19.5. The van der Waals surface area contributed by atoms with Crippen molar-refractivity contribution in [3.05, 3.63) is 59.7 Å². The predicted octanol–water partition coefficient (Wildman–Crippen LogP) is 3.63. The van der Waals surface area contributed by atoms with Crippen molar-refractivity contribution in [1.29, 1.82) is 0 Å². The van der Waals surface area contributed by atoms with Gasteiger partial charge >= 0.3 is 5.97 Å². The van der Waals surface area contributed by atoms with Gasteiger partial charge in [0.25, 0.3) is 0 Å². The second kappa shape index (κ2) is 7.84. The first-order valence-electron chi connectivity index (χ1n) is 12.1. The van der Waals surface area contributed by atoms with E-state index in [9.17, 15) is 24.3 Å². The summed E-state index contributed by atoms with van der Waals surface area (Å²) in [4.78, 5) is 50.1. The van der Waals surface area contributed by atoms with E-state index >= 15 is 0 Å². The van der Waals surface area contributed by atoms with E-state index in [1.165, 1.54) is 0 Å². The molecule has 0 heterocycles. The summed E-state index contributed by atoms with van der Waals surface area (Å²) in [5, 5.41) is 11.5. The van der Waals surface area contributed by atoms with Gasteiger partial charge in [-0.3, -0.25) is 14.4 Å². The Kier molecular flexibility index (Phi) is 5.28. The Balaban J connectivity index is 1.54. The highest BCUT2D eigenvalue weighted by molar-refractivity contribution is 6.29. The molecule has 3 fully saturated rings. The van der Waals surface area contributed by atoms with Gasteiger partial charge in [0.15, 0.2) is 17.7 Å². The number of aldehydes is 1. The topological polar surface area (TPSA) is 97.7 Å². The minimum atomic E-state index is -1.60. The van der Waals surface area contributed by atoms with Crippen molar-refractivity contribution in [2.75, 3.05) is 0 Å². The van der Waals surface area contributed by atoms with Gasteiger partial charge in [-0.1, -0.05) is 43.7 Å². The van der Waals surface area contributed by atoms with Crippen molar-refractivity contribution in [3.63, 3.8) is 0 Å². The number of aliphatic hydroxyl groups is 1. The third-order valence-electron chi connectivity index (χ3n) is 9.40. The normalized spacial score (nSPS) is 40.4. The van der Waals surface area contributed by atoms with Crippen LogP contribution in [-0.4, -0.2) is 40.6 Å². The van der Waals surface area contributed by atoms with E-state index in [4.69, 9.17) is 4.74 Å². The number of allylic oxidation sites excluding steroid dienone is 4. The van der Waals surface area contributed by atoms with Crippen LogP contribution in [0.4, 0.5) is 0 Å². The molecule has 0 saturated heterocycles. The molecule has 1 N–H and O–H groups in total. The summed E-state index contributed by atoms with van der Waals surface area (Å²) >= 11 is 0. The highest BCUT2D eigenvalue weighted by Crippen LogP contribution is 2.67. The van der Waals surface area contributed by atoms with Crippen LogP contribution in [-0.2, 0) is 19.1 Å². The largest absolute Gasteiger partial charge is 0.446 e. The molecule has 1 aromatic carbocycles. The van der Waals surface area contributed by atoms with Gasteiger partial charge in [0.2, 0.25) is 5.78 Å². The summed E-state index contributed by atoms with van der Waals surface area (Å²) < 4.78 is 5.98. The second-order valence-corrected chi connectivity index (χ2v) is 10.8. The van der Waals surface area contributed by atoms with Crippen LogP contribution in [0.15, 0.2) is 54.1 Å². The van der Waals surface area contributed by atoms with E-state index in [1.54, 1.807) is 42.5 Å². The van der Waals surface area contributed by atoms with Crippen molar-refractivity contribution in [1.82, 2.24) is 0 Å². The molecular formula is C28H30O6. The summed E-state index contributed by atoms with van der Waals surface area (Å²) in [6, 6.07) is 8.46. The maximum atomic E-state index is 13.2. The number of ether oxygens (including phenoxy) is 1. The van der Waals surface area contributed by atoms with Crippen LogP contribution < -0.4 is 0 Å². The smallest absolute Gasteiger partial charge is 0.339 e. The van der Waals surface area contributed by atoms with Crippen molar-refractivity contribution in [2.24, 2.45) is 28.6 Å². The molecule has 0 amide bonds. The van der Waals surface area contributed by atoms with Gasteiger partial charge in [0.05, 0.1) is 11.7 Å². The molecule has 7 atom stereocenters. The lowest BCUT2D eigenvalue weighted by Crippen LogP contribution is -2.62. The van der Waals surface area contributed by atoms with Gasteiger partial charge in [0, 0.05) is 16.7 Å². The lowest BCUT2D eigenvalue weighted by molar-refractivity contribution is -0.177. The van der Waals surface area contributed by atoms with E-state index in [0.29, 0.717) is 12.0 Å². The van der Waals surface area contributed by atoms with E-state index in [1.807, 2.05) is 13.0 Å². The summed E-state index contributed by atoms with van der Waals surface area (Å²) in [6.45, 7) is 3.98. The number of Topliss-reactive ketones (excluding diaryl/α,β-unsaturated/α-hetero) is 1. The number of carbonyl (C=O) groups excluding carboxylic acids is 4. The summed E-state index contributed by atoms with van der Waals surface area (Å²) in [5.74, 6) is -1.43. The number of benzene rings is 1. The summed E-state index contributed by atoms with van der Waals surface area (Å²) in [7, 11) is 0. The minimum Gasteiger partial charge on any atom is -0.446 e. The molecule has 4 aliphatic carbocycles. The van der Waals surface area contributed by atoms with Crippen molar-refractivity contribution in [2.45, 2.75) is 57.7 Å². The molecule has 0 aromatic heterocycles. The van der Waals surface area contributed by atoms with Gasteiger partial charge in [-0.2, -0.15) is 0 Å². The minimum absolute atomic E-state index is 0.00206. The zero-order valence-corrected chi connectivity index (χ0v) is 19.5. The third kappa shape index (κ3) is 3.04. The van der Waals surface area contributed by atoms with Gasteiger partial charge in [0.1, 0.15) is 0 Å². The Morgan fingerprint density at radius 1 is 1.15 bits per heavy atom. The fraction of sp³-hybridized carbons (Fsp3) is 0.500. The molecular weight excluding hydrogens is 432 g/mol. The van der Waals surface area contributed by atoms with Crippen LogP contribution in [0.3, 0.4) is 0 Å². The van der Waals surface area contributed by atoms with Crippen LogP contribution in [0, 0.1) is 28.6 Å². The maximum absolute atomic E-state index is 13.2. The highest BCUT2D eigenvalue weighted by atomic mass is 16.6. The molecule has 0 spiro atoms. The van der Waals surface area contributed by atoms with Gasteiger partial charge in [-0.05, 0) is 68.2 Å². The molecule has 0 bridgehead atoms.